The number of aromatic nitrogens is 1. The normalized spacial score (nSPS) is 21.0. The first-order chi connectivity index (χ1) is 8.61. The van der Waals surface area contributed by atoms with Gasteiger partial charge in [-0.15, -0.1) is 0 Å². The predicted molar refractivity (Wildman–Crippen MR) is 70.4 cm³/mol. The Bertz CT molecular complexity index is 436. The molecular formula is C12H19N5O. The fraction of sp³-hybridized carbons (Fsp3) is 0.500. The molecule has 1 amide bonds. The van der Waals surface area contributed by atoms with E-state index in [0.29, 0.717) is 12.2 Å². The molecule has 1 atom stereocenters. The second-order valence-corrected chi connectivity index (χ2v) is 4.59. The zero-order valence-electron chi connectivity index (χ0n) is 10.5. The van der Waals surface area contributed by atoms with Crippen LogP contribution in [0, 0.1) is 0 Å². The molecule has 0 spiro atoms. The van der Waals surface area contributed by atoms with Crippen LogP contribution in [0.25, 0.3) is 0 Å². The Morgan fingerprint density at radius 3 is 2.94 bits per heavy atom. The van der Waals surface area contributed by atoms with Gasteiger partial charge in [0.1, 0.15) is 11.5 Å². The number of amides is 1. The molecule has 1 saturated heterocycles. The van der Waals surface area contributed by atoms with Gasteiger partial charge in [0.25, 0.3) is 5.91 Å². The summed E-state index contributed by atoms with van der Waals surface area (Å²) in [6, 6.07) is 5.54. The third-order valence-corrected chi connectivity index (χ3v) is 3.24. The van der Waals surface area contributed by atoms with Crippen LogP contribution in [0.4, 0.5) is 5.82 Å². The first-order valence-corrected chi connectivity index (χ1v) is 6.04. The summed E-state index contributed by atoms with van der Waals surface area (Å²) in [4.78, 5) is 19.8. The summed E-state index contributed by atoms with van der Waals surface area (Å²) in [6.07, 6.45) is 0. The van der Waals surface area contributed by atoms with Crippen LogP contribution in [0.15, 0.2) is 18.2 Å². The zero-order valence-corrected chi connectivity index (χ0v) is 10.5. The van der Waals surface area contributed by atoms with E-state index in [1.165, 1.54) is 0 Å². The van der Waals surface area contributed by atoms with Gasteiger partial charge in [-0.1, -0.05) is 6.07 Å². The van der Waals surface area contributed by atoms with Crippen molar-refractivity contribution in [1.29, 1.82) is 0 Å². The highest BCUT2D eigenvalue weighted by Gasteiger charge is 2.25. The second-order valence-electron chi connectivity index (χ2n) is 4.59. The van der Waals surface area contributed by atoms with Gasteiger partial charge in [-0.25, -0.2) is 4.98 Å². The largest absolute Gasteiger partial charge is 0.364 e. The maximum atomic E-state index is 11.1. The standard InChI is InChI=1S/C12H19N5O/c1-16-5-6-17(9(7-13)8-16)11-4-2-3-10(15-11)12(14)18/h2-4,9H,5-8,13H2,1H3,(H2,14,18). The smallest absolute Gasteiger partial charge is 0.267 e. The van der Waals surface area contributed by atoms with Gasteiger partial charge in [-0.3, -0.25) is 4.79 Å². The maximum Gasteiger partial charge on any atom is 0.267 e. The number of carbonyl (C=O) groups is 1. The molecule has 2 rings (SSSR count). The third kappa shape index (κ3) is 2.60. The lowest BCUT2D eigenvalue weighted by Crippen LogP contribution is -2.55. The van der Waals surface area contributed by atoms with E-state index in [2.05, 4.69) is 21.8 Å². The van der Waals surface area contributed by atoms with Gasteiger partial charge in [0.15, 0.2) is 0 Å². The lowest BCUT2D eigenvalue weighted by atomic mass is 10.1. The SMILES string of the molecule is CN1CCN(c2cccc(C(N)=O)n2)C(CN)C1. The fourth-order valence-electron chi connectivity index (χ4n) is 2.23. The summed E-state index contributed by atoms with van der Waals surface area (Å²) in [5.41, 5.74) is 11.3. The van der Waals surface area contributed by atoms with Gasteiger partial charge >= 0.3 is 0 Å². The summed E-state index contributed by atoms with van der Waals surface area (Å²) in [7, 11) is 2.08. The molecule has 6 heteroatoms. The van der Waals surface area contributed by atoms with Crippen molar-refractivity contribution in [1.82, 2.24) is 9.88 Å². The van der Waals surface area contributed by atoms with Crippen molar-refractivity contribution in [3.05, 3.63) is 23.9 Å². The van der Waals surface area contributed by atoms with Gasteiger partial charge < -0.3 is 21.3 Å². The summed E-state index contributed by atoms with van der Waals surface area (Å²) >= 11 is 0. The number of hydrogen-bond acceptors (Lipinski definition) is 5. The first kappa shape index (κ1) is 12.8. The van der Waals surface area contributed by atoms with E-state index in [4.69, 9.17) is 11.5 Å². The van der Waals surface area contributed by atoms with Gasteiger partial charge in [-0.05, 0) is 19.2 Å². The molecule has 0 radical (unpaired) electrons. The monoisotopic (exact) mass is 249 g/mol. The lowest BCUT2D eigenvalue weighted by molar-refractivity contribution is 0.0995. The molecule has 2 heterocycles. The van der Waals surface area contributed by atoms with Crippen molar-refractivity contribution in [3.8, 4) is 0 Å². The van der Waals surface area contributed by atoms with Crippen molar-refractivity contribution in [2.24, 2.45) is 11.5 Å². The Morgan fingerprint density at radius 2 is 2.28 bits per heavy atom. The molecule has 6 nitrogen and oxygen atoms in total. The first-order valence-electron chi connectivity index (χ1n) is 6.04. The maximum absolute atomic E-state index is 11.1. The molecular weight excluding hydrogens is 230 g/mol. The fourth-order valence-corrected chi connectivity index (χ4v) is 2.23. The van der Waals surface area contributed by atoms with E-state index < -0.39 is 5.91 Å². The van der Waals surface area contributed by atoms with Crippen LogP contribution < -0.4 is 16.4 Å². The molecule has 1 aliphatic rings. The molecule has 0 saturated carbocycles. The highest BCUT2D eigenvalue weighted by molar-refractivity contribution is 5.91. The molecule has 0 aliphatic carbocycles. The molecule has 0 bridgehead atoms. The summed E-state index contributed by atoms with van der Waals surface area (Å²) in [6.45, 7) is 3.28. The van der Waals surface area contributed by atoms with Gasteiger partial charge in [0.2, 0.25) is 0 Å². The van der Waals surface area contributed by atoms with E-state index in [9.17, 15) is 4.79 Å². The topological polar surface area (TPSA) is 88.5 Å². The Morgan fingerprint density at radius 1 is 1.50 bits per heavy atom. The number of rotatable bonds is 3. The van der Waals surface area contributed by atoms with E-state index in [-0.39, 0.29) is 6.04 Å². The molecule has 1 aromatic rings. The van der Waals surface area contributed by atoms with Crippen LogP contribution in [-0.4, -0.2) is 55.1 Å². The number of primary amides is 1. The molecule has 1 unspecified atom stereocenters. The Balaban J connectivity index is 2.24. The molecule has 0 aromatic carbocycles. The molecule has 98 valence electrons. The van der Waals surface area contributed by atoms with Gasteiger partial charge in [0, 0.05) is 26.2 Å². The zero-order chi connectivity index (χ0) is 13.1. The summed E-state index contributed by atoms with van der Waals surface area (Å²) in [5.74, 6) is 0.269. The van der Waals surface area contributed by atoms with E-state index in [1.54, 1.807) is 12.1 Å². The Hall–Kier alpha value is -1.66. The van der Waals surface area contributed by atoms with Crippen molar-refractivity contribution in [2.75, 3.05) is 38.1 Å². The number of piperazine rings is 1. The van der Waals surface area contributed by atoms with Crippen LogP contribution >= 0.6 is 0 Å². The number of carbonyl (C=O) groups excluding carboxylic acids is 1. The molecule has 1 aliphatic heterocycles. The van der Waals surface area contributed by atoms with Gasteiger partial charge in [-0.2, -0.15) is 0 Å². The van der Waals surface area contributed by atoms with Crippen LogP contribution in [0.3, 0.4) is 0 Å². The number of anilines is 1. The van der Waals surface area contributed by atoms with E-state index >= 15 is 0 Å². The minimum Gasteiger partial charge on any atom is -0.364 e. The number of likely N-dealkylation sites (N-methyl/N-ethyl adjacent to an activating group) is 1. The molecule has 1 aromatic heterocycles. The number of nitrogens with two attached hydrogens (primary N) is 2. The number of hydrogen-bond donors (Lipinski definition) is 2. The Labute approximate surface area is 107 Å². The van der Waals surface area contributed by atoms with E-state index in [0.717, 1.165) is 25.5 Å². The van der Waals surface area contributed by atoms with Gasteiger partial charge in [0.05, 0.1) is 6.04 Å². The van der Waals surface area contributed by atoms with Crippen molar-refractivity contribution >= 4 is 11.7 Å². The highest BCUT2D eigenvalue weighted by Crippen LogP contribution is 2.17. The highest BCUT2D eigenvalue weighted by atomic mass is 16.1. The predicted octanol–water partition coefficient (Wildman–Crippen LogP) is -0.740. The average Bonchev–Trinajstić information content (AvgIpc) is 2.38. The lowest BCUT2D eigenvalue weighted by Gasteiger charge is -2.40. The van der Waals surface area contributed by atoms with Crippen LogP contribution in [0.1, 0.15) is 10.5 Å². The number of pyridine rings is 1. The quantitative estimate of drug-likeness (QED) is 0.736. The Kier molecular flexibility index (Phi) is 3.78. The molecule has 18 heavy (non-hydrogen) atoms. The minimum absolute atomic E-state index is 0.222. The molecule has 4 N–H and O–H groups in total. The van der Waals surface area contributed by atoms with Crippen LogP contribution in [0.5, 0.6) is 0 Å². The van der Waals surface area contributed by atoms with Crippen molar-refractivity contribution < 1.29 is 4.79 Å². The van der Waals surface area contributed by atoms with Crippen LogP contribution in [-0.2, 0) is 0 Å². The van der Waals surface area contributed by atoms with Crippen molar-refractivity contribution in [2.45, 2.75) is 6.04 Å². The minimum atomic E-state index is -0.504. The van der Waals surface area contributed by atoms with E-state index in [1.807, 2.05) is 6.07 Å². The molecule has 1 fully saturated rings. The third-order valence-electron chi connectivity index (χ3n) is 3.24. The summed E-state index contributed by atoms with van der Waals surface area (Å²) < 4.78 is 0. The second kappa shape index (κ2) is 5.32. The van der Waals surface area contributed by atoms with Crippen LogP contribution in [0.2, 0.25) is 0 Å². The average molecular weight is 249 g/mol. The number of nitrogens with zero attached hydrogens (tertiary/aromatic N) is 3. The summed E-state index contributed by atoms with van der Waals surface area (Å²) in [5, 5.41) is 0. The van der Waals surface area contributed by atoms with Crippen molar-refractivity contribution in [3.63, 3.8) is 0 Å².